The van der Waals surface area contributed by atoms with Crippen LogP contribution < -0.4 is 11.1 Å². The van der Waals surface area contributed by atoms with E-state index in [0.717, 1.165) is 18.7 Å². The zero-order chi connectivity index (χ0) is 14.2. The SMILES string of the molecule is Nc1ccc2nc(NCC3CN4CCCC4CO3)oc2c1. The average Bonchev–Trinajstić information content (AvgIpc) is 3.09. The first-order valence-electron chi connectivity index (χ1n) is 7.53. The lowest BCUT2D eigenvalue weighted by molar-refractivity contribution is -0.0417. The van der Waals surface area contributed by atoms with Crippen molar-refractivity contribution in [1.82, 2.24) is 9.88 Å². The normalized spacial score (nSPS) is 26.1. The minimum Gasteiger partial charge on any atom is -0.423 e. The summed E-state index contributed by atoms with van der Waals surface area (Å²) in [5.41, 5.74) is 7.95. The summed E-state index contributed by atoms with van der Waals surface area (Å²) in [6, 6.07) is 6.65. The van der Waals surface area contributed by atoms with Crippen molar-refractivity contribution in [2.24, 2.45) is 0 Å². The van der Waals surface area contributed by atoms with E-state index in [1.807, 2.05) is 12.1 Å². The molecule has 4 rings (SSSR count). The summed E-state index contributed by atoms with van der Waals surface area (Å²) >= 11 is 0. The van der Waals surface area contributed by atoms with Crippen molar-refractivity contribution in [2.75, 3.05) is 37.3 Å². The van der Waals surface area contributed by atoms with E-state index >= 15 is 0 Å². The monoisotopic (exact) mass is 288 g/mol. The molecule has 21 heavy (non-hydrogen) atoms. The lowest BCUT2D eigenvalue weighted by Gasteiger charge is -2.35. The average molecular weight is 288 g/mol. The topological polar surface area (TPSA) is 76.5 Å². The molecule has 1 aromatic carbocycles. The molecule has 0 radical (unpaired) electrons. The van der Waals surface area contributed by atoms with Crippen molar-refractivity contribution in [3.8, 4) is 0 Å². The van der Waals surface area contributed by atoms with Gasteiger partial charge in [-0.1, -0.05) is 0 Å². The van der Waals surface area contributed by atoms with E-state index < -0.39 is 0 Å². The molecule has 3 heterocycles. The standard InChI is InChI=1S/C15H20N4O2/c16-10-3-4-13-14(6-10)21-15(18-13)17-7-12-8-19-5-1-2-11(19)9-20-12/h3-4,6,11-12H,1-2,5,7-9,16H2,(H,17,18). The Hall–Kier alpha value is -1.79. The third kappa shape index (κ3) is 2.56. The number of hydrogen-bond donors (Lipinski definition) is 2. The van der Waals surface area contributed by atoms with Crippen LogP contribution in [-0.2, 0) is 4.74 Å². The maximum Gasteiger partial charge on any atom is 0.295 e. The number of ether oxygens (including phenoxy) is 1. The molecule has 2 atom stereocenters. The second-order valence-electron chi connectivity index (χ2n) is 5.87. The Morgan fingerprint density at radius 3 is 3.33 bits per heavy atom. The largest absolute Gasteiger partial charge is 0.423 e. The Labute approximate surface area is 123 Å². The van der Waals surface area contributed by atoms with Gasteiger partial charge in [0, 0.05) is 30.9 Å². The van der Waals surface area contributed by atoms with Gasteiger partial charge in [-0.25, -0.2) is 0 Å². The summed E-state index contributed by atoms with van der Waals surface area (Å²) < 4.78 is 11.6. The van der Waals surface area contributed by atoms with Crippen molar-refractivity contribution < 1.29 is 9.15 Å². The Balaban J connectivity index is 1.39. The van der Waals surface area contributed by atoms with Crippen LogP contribution in [0, 0.1) is 0 Å². The van der Waals surface area contributed by atoms with Crippen molar-refractivity contribution >= 4 is 22.8 Å². The molecule has 112 valence electrons. The maximum absolute atomic E-state index is 5.91. The molecule has 2 unspecified atom stereocenters. The van der Waals surface area contributed by atoms with Gasteiger partial charge in [-0.3, -0.25) is 4.90 Å². The van der Waals surface area contributed by atoms with Crippen molar-refractivity contribution in [3.05, 3.63) is 18.2 Å². The van der Waals surface area contributed by atoms with E-state index in [2.05, 4.69) is 15.2 Å². The summed E-state index contributed by atoms with van der Waals surface area (Å²) in [5, 5.41) is 3.23. The molecule has 2 fully saturated rings. The van der Waals surface area contributed by atoms with E-state index in [0.29, 0.717) is 29.9 Å². The number of rotatable bonds is 3. The molecule has 1 aromatic heterocycles. The smallest absolute Gasteiger partial charge is 0.295 e. The third-order valence-electron chi connectivity index (χ3n) is 4.35. The van der Waals surface area contributed by atoms with Gasteiger partial charge in [0.05, 0.1) is 12.7 Å². The Morgan fingerprint density at radius 1 is 1.43 bits per heavy atom. The molecule has 6 heteroatoms. The number of benzene rings is 1. The van der Waals surface area contributed by atoms with Crippen LogP contribution in [0.5, 0.6) is 0 Å². The number of morpholine rings is 1. The number of nitrogens with zero attached hydrogens (tertiary/aromatic N) is 2. The molecule has 3 N–H and O–H groups in total. The quantitative estimate of drug-likeness (QED) is 0.837. The first-order chi connectivity index (χ1) is 10.3. The van der Waals surface area contributed by atoms with Gasteiger partial charge in [-0.2, -0.15) is 4.98 Å². The first-order valence-corrected chi connectivity index (χ1v) is 7.53. The highest BCUT2D eigenvalue weighted by Gasteiger charge is 2.32. The molecule has 6 nitrogen and oxygen atoms in total. The number of oxazole rings is 1. The molecule has 0 aliphatic carbocycles. The Morgan fingerprint density at radius 2 is 2.38 bits per heavy atom. The summed E-state index contributed by atoms with van der Waals surface area (Å²) in [6.07, 6.45) is 2.76. The minimum atomic E-state index is 0.194. The fourth-order valence-electron chi connectivity index (χ4n) is 3.23. The van der Waals surface area contributed by atoms with Gasteiger partial charge in [0.25, 0.3) is 6.01 Å². The van der Waals surface area contributed by atoms with Gasteiger partial charge < -0.3 is 20.2 Å². The van der Waals surface area contributed by atoms with Crippen LogP contribution in [0.2, 0.25) is 0 Å². The van der Waals surface area contributed by atoms with Crippen LogP contribution in [0.15, 0.2) is 22.6 Å². The minimum absolute atomic E-state index is 0.194. The number of hydrogen-bond acceptors (Lipinski definition) is 6. The molecular formula is C15H20N4O2. The lowest BCUT2D eigenvalue weighted by Crippen LogP contribution is -2.48. The fourth-order valence-corrected chi connectivity index (χ4v) is 3.23. The molecule has 0 spiro atoms. The molecule has 2 aromatic rings. The second-order valence-corrected chi connectivity index (χ2v) is 5.87. The van der Waals surface area contributed by atoms with Gasteiger partial charge in [0.2, 0.25) is 0 Å². The van der Waals surface area contributed by atoms with Crippen LogP contribution in [-0.4, -0.2) is 48.3 Å². The summed E-state index contributed by atoms with van der Waals surface area (Å²) in [5.74, 6) is 0. The van der Waals surface area contributed by atoms with E-state index in [1.54, 1.807) is 6.07 Å². The Kier molecular flexibility index (Phi) is 3.20. The molecule has 2 aliphatic rings. The van der Waals surface area contributed by atoms with Gasteiger partial charge >= 0.3 is 0 Å². The number of nitrogen functional groups attached to an aromatic ring is 1. The number of anilines is 2. The number of aromatic nitrogens is 1. The van der Waals surface area contributed by atoms with E-state index in [-0.39, 0.29) is 6.10 Å². The Bertz CT molecular complexity index is 642. The summed E-state index contributed by atoms with van der Waals surface area (Å²) in [4.78, 5) is 6.93. The molecule has 0 amide bonds. The molecular weight excluding hydrogens is 268 g/mol. The number of fused-ring (bicyclic) bond motifs is 2. The van der Waals surface area contributed by atoms with Crippen molar-refractivity contribution in [1.29, 1.82) is 0 Å². The second kappa shape index (κ2) is 5.20. The predicted octanol–water partition coefficient (Wildman–Crippen LogP) is 1.69. The molecule has 2 saturated heterocycles. The van der Waals surface area contributed by atoms with E-state index in [4.69, 9.17) is 14.9 Å². The first kappa shape index (κ1) is 12.9. The van der Waals surface area contributed by atoms with Gasteiger partial charge in [-0.15, -0.1) is 0 Å². The van der Waals surface area contributed by atoms with Crippen LogP contribution in [0.4, 0.5) is 11.7 Å². The number of nitrogens with one attached hydrogen (secondary N) is 1. The van der Waals surface area contributed by atoms with Crippen molar-refractivity contribution in [2.45, 2.75) is 25.0 Å². The third-order valence-corrected chi connectivity index (χ3v) is 4.35. The molecule has 0 saturated carbocycles. The van der Waals surface area contributed by atoms with E-state index in [9.17, 15) is 0 Å². The zero-order valence-electron chi connectivity index (χ0n) is 11.9. The van der Waals surface area contributed by atoms with Crippen LogP contribution in [0.25, 0.3) is 11.1 Å². The van der Waals surface area contributed by atoms with Crippen LogP contribution in [0.1, 0.15) is 12.8 Å². The number of nitrogens with two attached hydrogens (primary N) is 1. The zero-order valence-corrected chi connectivity index (χ0v) is 11.9. The summed E-state index contributed by atoms with van der Waals surface area (Å²) in [6.45, 7) is 3.75. The maximum atomic E-state index is 5.91. The summed E-state index contributed by atoms with van der Waals surface area (Å²) in [7, 11) is 0. The van der Waals surface area contributed by atoms with Crippen LogP contribution in [0.3, 0.4) is 0 Å². The van der Waals surface area contributed by atoms with Gasteiger partial charge in [-0.05, 0) is 31.5 Å². The highest BCUT2D eigenvalue weighted by Crippen LogP contribution is 2.24. The molecule has 2 aliphatic heterocycles. The van der Waals surface area contributed by atoms with Crippen molar-refractivity contribution in [3.63, 3.8) is 0 Å². The fraction of sp³-hybridized carbons (Fsp3) is 0.533. The molecule has 0 bridgehead atoms. The highest BCUT2D eigenvalue weighted by molar-refractivity contribution is 5.78. The predicted molar refractivity (Wildman–Crippen MR) is 81.2 cm³/mol. The van der Waals surface area contributed by atoms with E-state index in [1.165, 1.54) is 19.4 Å². The van der Waals surface area contributed by atoms with Crippen LogP contribution >= 0.6 is 0 Å². The van der Waals surface area contributed by atoms with Gasteiger partial charge in [0.15, 0.2) is 5.58 Å². The highest BCUT2D eigenvalue weighted by atomic mass is 16.5. The van der Waals surface area contributed by atoms with Gasteiger partial charge in [0.1, 0.15) is 5.52 Å². The lowest BCUT2D eigenvalue weighted by atomic mass is 10.2.